The van der Waals surface area contributed by atoms with Gasteiger partial charge in [-0.25, -0.2) is 18.1 Å². The third kappa shape index (κ3) is 6.13. The van der Waals surface area contributed by atoms with Gasteiger partial charge in [0, 0.05) is 18.8 Å². The molecule has 0 aliphatic rings. The van der Waals surface area contributed by atoms with Crippen molar-refractivity contribution in [2.45, 2.75) is 44.3 Å². The van der Waals surface area contributed by atoms with Crippen LogP contribution in [0.15, 0.2) is 34.2 Å². The van der Waals surface area contributed by atoms with Gasteiger partial charge in [-0.05, 0) is 18.6 Å². The molecule has 0 aliphatic carbocycles. The molecule has 0 spiro atoms. The Hall–Kier alpha value is -1.38. The molecule has 138 valence electrons. The van der Waals surface area contributed by atoms with Gasteiger partial charge in [-0.1, -0.05) is 50.1 Å². The number of unbranched alkanes of at least 4 members (excludes halogenated alkanes) is 3. The first-order valence-corrected chi connectivity index (χ1v) is 11.4. The number of para-hydroxylation sites is 1. The van der Waals surface area contributed by atoms with E-state index in [0.29, 0.717) is 34.9 Å². The van der Waals surface area contributed by atoms with Crippen molar-refractivity contribution < 1.29 is 8.42 Å². The molecule has 0 unspecified atom stereocenters. The average Bonchev–Trinajstić information content (AvgIpc) is 2.57. The molecule has 1 aromatic carbocycles. The normalized spacial score (nSPS) is 11.9. The molecule has 1 aromatic heterocycles. The summed E-state index contributed by atoms with van der Waals surface area (Å²) in [5.74, 6) is 0.521. The first-order chi connectivity index (χ1) is 11.9. The molecular weight excluding hydrogens is 358 g/mol. The summed E-state index contributed by atoms with van der Waals surface area (Å²) in [7, 11) is -3.20. The summed E-state index contributed by atoms with van der Waals surface area (Å²) in [6.07, 6.45) is 5.44. The summed E-state index contributed by atoms with van der Waals surface area (Å²) in [5, 5.41) is 1.27. The van der Waals surface area contributed by atoms with Gasteiger partial charge >= 0.3 is 0 Å². The number of nitrogens with zero attached hydrogens (tertiary/aromatic N) is 2. The fraction of sp³-hybridized carbons (Fsp3) is 0.529. The summed E-state index contributed by atoms with van der Waals surface area (Å²) in [6, 6.07) is 7.33. The van der Waals surface area contributed by atoms with E-state index in [1.54, 1.807) is 10.6 Å². The van der Waals surface area contributed by atoms with Crippen molar-refractivity contribution in [1.82, 2.24) is 14.3 Å². The third-order valence-corrected chi connectivity index (χ3v) is 5.47. The van der Waals surface area contributed by atoms with E-state index in [4.69, 9.17) is 0 Å². The van der Waals surface area contributed by atoms with Gasteiger partial charge in [0.15, 0.2) is 5.16 Å². The van der Waals surface area contributed by atoms with Crippen LogP contribution in [-0.2, 0) is 16.6 Å². The largest absolute Gasteiger partial charge is 0.287 e. The SMILES string of the molecule is CCCCCCn1c(SCCNS(C)(=O)=O)nc2ccccc2c1=O. The topological polar surface area (TPSA) is 81.1 Å². The van der Waals surface area contributed by atoms with E-state index in [0.717, 1.165) is 31.9 Å². The number of thioether (sulfide) groups is 1. The fourth-order valence-corrected chi connectivity index (χ4v) is 4.00. The molecule has 6 nitrogen and oxygen atoms in total. The average molecular weight is 384 g/mol. The standard InChI is InChI=1S/C17H25N3O3S2/c1-3-4-5-8-12-20-16(21)14-9-6-7-10-15(14)19-17(20)24-13-11-18-25(2,22)23/h6-7,9-10,18H,3-5,8,11-13H2,1-2H3. The molecule has 1 N–H and O–H groups in total. The Balaban J connectivity index is 2.20. The van der Waals surface area contributed by atoms with Crippen LogP contribution in [0.4, 0.5) is 0 Å². The molecule has 0 aliphatic heterocycles. The number of sulfonamides is 1. The third-order valence-electron chi connectivity index (χ3n) is 3.76. The molecule has 0 radical (unpaired) electrons. The second kappa shape index (κ2) is 9.35. The first-order valence-electron chi connectivity index (χ1n) is 8.49. The number of nitrogens with one attached hydrogen (secondary N) is 1. The minimum absolute atomic E-state index is 0.0272. The van der Waals surface area contributed by atoms with E-state index in [1.165, 1.54) is 11.8 Å². The van der Waals surface area contributed by atoms with Gasteiger partial charge in [-0.2, -0.15) is 0 Å². The van der Waals surface area contributed by atoms with E-state index < -0.39 is 10.0 Å². The number of rotatable bonds is 10. The van der Waals surface area contributed by atoms with Crippen LogP contribution in [-0.4, -0.2) is 36.5 Å². The minimum Gasteiger partial charge on any atom is -0.287 e. The summed E-state index contributed by atoms with van der Waals surface area (Å²) in [5.41, 5.74) is 0.650. The molecule has 2 aromatic rings. The van der Waals surface area contributed by atoms with Crippen LogP contribution >= 0.6 is 11.8 Å². The Bertz CT molecular complexity index is 863. The van der Waals surface area contributed by atoms with Crippen molar-refractivity contribution >= 4 is 32.7 Å². The number of benzene rings is 1. The predicted octanol–water partition coefficient (Wildman–Crippen LogP) is 2.62. The van der Waals surface area contributed by atoms with Crippen LogP contribution in [0.1, 0.15) is 32.6 Å². The lowest BCUT2D eigenvalue weighted by atomic mass is 10.2. The number of aromatic nitrogens is 2. The molecule has 0 saturated carbocycles. The predicted molar refractivity (Wildman–Crippen MR) is 104 cm³/mol. The Morgan fingerprint density at radius 1 is 1.20 bits per heavy atom. The van der Waals surface area contributed by atoms with Crippen molar-refractivity contribution in [3.8, 4) is 0 Å². The second-order valence-corrected chi connectivity index (χ2v) is 8.84. The zero-order valence-electron chi connectivity index (χ0n) is 14.7. The Kier molecular flexibility index (Phi) is 7.46. The zero-order valence-corrected chi connectivity index (χ0v) is 16.3. The van der Waals surface area contributed by atoms with Crippen LogP contribution in [0.2, 0.25) is 0 Å². The number of fused-ring (bicyclic) bond motifs is 1. The van der Waals surface area contributed by atoms with Gasteiger partial charge in [-0.3, -0.25) is 9.36 Å². The smallest absolute Gasteiger partial charge is 0.262 e. The van der Waals surface area contributed by atoms with Gasteiger partial charge in [0.1, 0.15) is 0 Å². The zero-order chi connectivity index (χ0) is 18.3. The Labute approximate surface area is 153 Å². The van der Waals surface area contributed by atoms with Crippen LogP contribution in [0.3, 0.4) is 0 Å². The molecular formula is C17H25N3O3S2. The number of hydrogen-bond acceptors (Lipinski definition) is 5. The fourth-order valence-electron chi connectivity index (χ4n) is 2.52. The van der Waals surface area contributed by atoms with E-state index in [2.05, 4.69) is 16.6 Å². The minimum atomic E-state index is -3.20. The van der Waals surface area contributed by atoms with E-state index in [9.17, 15) is 13.2 Å². The van der Waals surface area contributed by atoms with Crippen LogP contribution < -0.4 is 10.3 Å². The van der Waals surface area contributed by atoms with Crippen molar-refractivity contribution in [1.29, 1.82) is 0 Å². The van der Waals surface area contributed by atoms with Crippen molar-refractivity contribution in [3.63, 3.8) is 0 Å². The lowest BCUT2D eigenvalue weighted by Crippen LogP contribution is -2.26. The van der Waals surface area contributed by atoms with Gasteiger partial charge in [-0.15, -0.1) is 0 Å². The highest BCUT2D eigenvalue weighted by Gasteiger charge is 2.11. The monoisotopic (exact) mass is 383 g/mol. The molecule has 0 amide bonds. The van der Waals surface area contributed by atoms with Crippen LogP contribution in [0, 0.1) is 0 Å². The molecule has 1 heterocycles. The van der Waals surface area contributed by atoms with Crippen LogP contribution in [0.5, 0.6) is 0 Å². The first kappa shape index (κ1) is 19.9. The van der Waals surface area contributed by atoms with Crippen LogP contribution in [0.25, 0.3) is 10.9 Å². The molecule has 0 saturated heterocycles. The molecule has 8 heteroatoms. The van der Waals surface area contributed by atoms with Crippen molar-refractivity contribution in [3.05, 3.63) is 34.6 Å². The quantitative estimate of drug-likeness (QED) is 0.387. The van der Waals surface area contributed by atoms with E-state index >= 15 is 0 Å². The molecule has 0 bridgehead atoms. The van der Waals surface area contributed by atoms with Crippen molar-refractivity contribution in [2.24, 2.45) is 0 Å². The van der Waals surface area contributed by atoms with Gasteiger partial charge in [0.2, 0.25) is 10.0 Å². The highest BCUT2D eigenvalue weighted by atomic mass is 32.2. The van der Waals surface area contributed by atoms with Crippen molar-refractivity contribution in [2.75, 3.05) is 18.6 Å². The van der Waals surface area contributed by atoms with Gasteiger partial charge in [0.05, 0.1) is 17.2 Å². The molecule has 0 fully saturated rings. The maximum absolute atomic E-state index is 12.8. The Morgan fingerprint density at radius 2 is 1.96 bits per heavy atom. The summed E-state index contributed by atoms with van der Waals surface area (Å²) in [4.78, 5) is 17.4. The number of hydrogen-bond donors (Lipinski definition) is 1. The summed E-state index contributed by atoms with van der Waals surface area (Å²) >= 11 is 1.41. The lowest BCUT2D eigenvalue weighted by Gasteiger charge is -2.13. The second-order valence-electron chi connectivity index (χ2n) is 5.94. The lowest BCUT2D eigenvalue weighted by molar-refractivity contribution is 0.531. The Morgan fingerprint density at radius 3 is 2.68 bits per heavy atom. The van der Waals surface area contributed by atoms with Gasteiger partial charge in [0.25, 0.3) is 5.56 Å². The van der Waals surface area contributed by atoms with E-state index in [1.807, 2.05) is 18.2 Å². The molecule has 25 heavy (non-hydrogen) atoms. The highest BCUT2D eigenvalue weighted by Crippen LogP contribution is 2.18. The highest BCUT2D eigenvalue weighted by molar-refractivity contribution is 7.99. The molecule has 2 rings (SSSR count). The van der Waals surface area contributed by atoms with E-state index in [-0.39, 0.29) is 5.56 Å². The van der Waals surface area contributed by atoms with Gasteiger partial charge < -0.3 is 0 Å². The summed E-state index contributed by atoms with van der Waals surface area (Å²) < 4.78 is 26.5. The maximum Gasteiger partial charge on any atom is 0.262 e. The molecule has 0 atom stereocenters. The summed E-state index contributed by atoms with van der Waals surface area (Å²) in [6.45, 7) is 3.10. The maximum atomic E-state index is 12.8.